The van der Waals surface area contributed by atoms with Crippen LogP contribution in [0.25, 0.3) is 0 Å². The van der Waals surface area contributed by atoms with Crippen molar-refractivity contribution in [1.29, 1.82) is 0 Å². The van der Waals surface area contributed by atoms with Crippen LogP contribution in [0.1, 0.15) is 6.42 Å². The molecule has 0 aromatic heterocycles. The fourth-order valence-electron chi connectivity index (χ4n) is 1.61. The van der Waals surface area contributed by atoms with Gasteiger partial charge in [0.05, 0.1) is 21.5 Å². The molecule has 0 aliphatic carbocycles. The maximum Gasteiger partial charge on any atom is 0.0896 e. The van der Waals surface area contributed by atoms with Gasteiger partial charge in [0, 0.05) is 17.9 Å². The van der Waals surface area contributed by atoms with Crippen LogP contribution in [0, 0.1) is 0 Å². The molecule has 1 aliphatic heterocycles. The van der Waals surface area contributed by atoms with E-state index in [1.54, 1.807) is 23.5 Å². The molecule has 0 unspecified atom stereocenters. The summed E-state index contributed by atoms with van der Waals surface area (Å²) in [6.07, 6.45) is 4.60. The quantitative estimate of drug-likeness (QED) is 0.729. The van der Waals surface area contributed by atoms with Gasteiger partial charge in [0.25, 0.3) is 0 Å². The molecule has 1 aromatic rings. The molecule has 0 N–H and O–H groups in total. The molecule has 2 nitrogen and oxygen atoms in total. The first-order chi connectivity index (χ1) is 9.33. The van der Waals surface area contributed by atoms with Crippen molar-refractivity contribution in [2.24, 2.45) is 9.98 Å². The maximum absolute atomic E-state index is 4.71. The fourth-order valence-corrected chi connectivity index (χ4v) is 3.12. The second-order valence-corrected chi connectivity index (χ2v) is 6.06. The normalized spacial score (nSPS) is 13.9. The largest absolute Gasteiger partial charge is 0.244 e. The molecule has 1 aromatic carbocycles. The summed E-state index contributed by atoms with van der Waals surface area (Å²) in [6.45, 7) is 7.51. The van der Waals surface area contributed by atoms with Crippen LogP contribution in [0.5, 0.6) is 0 Å². The average molecular weight is 288 g/mol. The predicted molar refractivity (Wildman–Crippen MR) is 90.6 cm³/mol. The first-order valence-electron chi connectivity index (χ1n) is 6.05. The van der Waals surface area contributed by atoms with Crippen molar-refractivity contribution in [3.63, 3.8) is 0 Å². The zero-order valence-corrected chi connectivity index (χ0v) is 12.3. The molecule has 0 saturated carbocycles. The van der Waals surface area contributed by atoms with Crippen molar-refractivity contribution < 1.29 is 0 Å². The lowest BCUT2D eigenvalue weighted by Crippen LogP contribution is -2.01. The minimum absolute atomic E-state index is 0.797. The Balaban J connectivity index is 2.29. The summed E-state index contributed by atoms with van der Waals surface area (Å²) in [5.41, 5.74) is 1.89. The number of benzene rings is 1. The molecular formula is C15H16N2S2. The SMILES string of the molecule is C=CCSC1=Nc2ccccc2N=C(SCC=C)C1. The van der Waals surface area contributed by atoms with Crippen LogP contribution in [0.2, 0.25) is 0 Å². The number of nitrogens with zero attached hydrogens (tertiary/aromatic N) is 2. The van der Waals surface area contributed by atoms with Gasteiger partial charge in [-0.15, -0.1) is 36.7 Å². The lowest BCUT2D eigenvalue weighted by molar-refractivity contribution is 1.47. The lowest BCUT2D eigenvalue weighted by atomic mass is 10.3. The Morgan fingerprint density at radius 1 is 0.947 bits per heavy atom. The third-order valence-corrected chi connectivity index (χ3v) is 4.35. The first-order valence-corrected chi connectivity index (χ1v) is 8.02. The van der Waals surface area contributed by atoms with Gasteiger partial charge in [-0.1, -0.05) is 24.3 Å². The zero-order valence-electron chi connectivity index (χ0n) is 10.7. The Hall–Kier alpha value is -1.26. The van der Waals surface area contributed by atoms with E-state index in [9.17, 15) is 0 Å². The highest BCUT2D eigenvalue weighted by Crippen LogP contribution is 2.33. The van der Waals surface area contributed by atoms with Gasteiger partial charge in [-0.2, -0.15) is 0 Å². The monoisotopic (exact) mass is 288 g/mol. The molecule has 0 amide bonds. The highest BCUT2D eigenvalue weighted by molar-refractivity contribution is 8.16. The second-order valence-electron chi connectivity index (χ2n) is 3.88. The standard InChI is InChI=1S/C15H16N2S2/c1-3-9-18-14-11-15(19-10-4-2)17-13-8-6-5-7-12(13)16-14/h3-8H,1-2,9-11H2. The Kier molecular flexibility index (Phi) is 5.48. The van der Waals surface area contributed by atoms with E-state index in [0.29, 0.717) is 0 Å². The number of fused-ring (bicyclic) bond motifs is 1. The van der Waals surface area contributed by atoms with E-state index < -0.39 is 0 Å². The van der Waals surface area contributed by atoms with Crippen LogP contribution in [0.3, 0.4) is 0 Å². The summed E-state index contributed by atoms with van der Waals surface area (Å²) in [5, 5.41) is 2.19. The van der Waals surface area contributed by atoms with Crippen molar-refractivity contribution in [2.45, 2.75) is 6.42 Å². The summed E-state index contributed by atoms with van der Waals surface area (Å²) in [7, 11) is 0. The van der Waals surface area contributed by atoms with Crippen LogP contribution in [-0.4, -0.2) is 21.6 Å². The van der Waals surface area contributed by atoms with E-state index in [1.165, 1.54) is 0 Å². The van der Waals surface area contributed by atoms with Gasteiger partial charge in [0.2, 0.25) is 0 Å². The van der Waals surface area contributed by atoms with Gasteiger partial charge in [-0.3, -0.25) is 0 Å². The molecule has 2 rings (SSSR count). The maximum atomic E-state index is 4.71. The molecule has 4 heteroatoms. The van der Waals surface area contributed by atoms with Gasteiger partial charge >= 0.3 is 0 Å². The average Bonchev–Trinajstić information content (AvgIpc) is 2.61. The van der Waals surface area contributed by atoms with Crippen LogP contribution >= 0.6 is 23.5 Å². The lowest BCUT2D eigenvalue weighted by Gasteiger charge is -2.04. The smallest absolute Gasteiger partial charge is 0.0896 e. The van der Waals surface area contributed by atoms with Crippen LogP contribution in [0.4, 0.5) is 11.4 Å². The summed E-state index contributed by atoms with van der Waals surface area (Å²) in [4.78, 5) is 9.43. The molecule has 1 aliphatic rings. The third kappa shape index (κ3) is 4.11. The van der Waals surface area contributed by atoms with Crippen molar-refractivity contribution in [1.82, 2.24) is 0 Å². The molecule has 0 bridgehead atoms. The fraction of sp³-hybridized carbons (Fsp3) is 0.200. The minimum Gasteiger partial charge on any atom is -0.244 e. The number of aliphatic imine (C=N–C) groups is 2. The molecule has 0 radical (unpaired) electrons. The number of rotatable bonds is 4. The molecule has 0 spiro atoms. The summed E-state index contributed by atoms with van der Waals surface area (Å²) >= 11 is 3.45. The number of hydrogen-bond acceptors (Lipinski definition) is 4. The van der Waals surface area contributed by atoms with E-state index in [-0.39, 0.29) is 0 Å². The predicted octanol–water partition coefficient (Wildman–Crippen LogP) is 4.99. The molecule has 0 fully saturated rings. The van der Waals surface area contributed by atoms with E-state index in [0.717, 1.165) is 39.4 Å². The molecular weight excluding hydrogens is 272 g/mol. The molecule has 0 saturated heterocycles. The van der Waals surface area contributed by atoms with Gasteiger partial charge in [-0.05, 0) is 12.1 Å². The van der Waals surface area contributed by atoms with Gasteiger partial charge in [-0.25, -0.2) is 9.98 Å². The Bertz CT molecular complexity index is 486. The van der Waals surface area contributed by atoms with E-state index >= 15 is 0 Å². The minimum atomic E-state index is 0.797. The van der Waals surface area contributed by atoms with Crippen LogP contribution in [0.15, 0.2) is 59.6 Å². The van der Waals surface area contributed by atoms with Crippen molar-refractivity contribution in [3.8, 4) is 0 Å². The van der Waals surface area contributed by atoms with Crippen molar-refractivity contribution >= 4 is 45.0 Å². The first kappa shape index (κ1) is 14.2. The van der Waals surface area contributed by atoms with Gasteiger partial charge < -0.3 is 0 Å². The van der Waals surface area contributed by atoms with Crippen molar-refractivity contribution in [3.05, 3.63) is 49.6 Å². The van der Waals surface area contributed by atoms with E-state index in [4.69, 9.17) is 9.98 Å². The van der Waals surface area contributed by atoms with Crippen LogP contribution in [-0.2, 0) is 0 Å². The number of hydrogen-bond donors (Lipinski definition) is 0. The number of para-hydroxylation sites is 2. The van der Waals surface area contributed by atoms with Gasteiger partial charge in [0.1, 0.15) is 0 Å². The Labute approximate surface area is 122 Å². The zero-order chi connectivity index (χ0) is 13.5. The topological polar surface area (TPSA) is 24.7 Å². The highest BCUT2D eigenvalue weighted by atomic mass is 32.2. The summed E-state index contributed by atoms with van der Waals surface area (Å²) < 4.78 is 0. The van der Waals surface area contributed by atoms with Crippen molar-refractivity contribution in [2.75, 3.05) is 11.5 Å². The molecule has 0 atom stereocenters. The molecule has 19 heavy (non-hydrogen) atoms. The molecule has 98 valence electrons. The Morgan fingerprint density at radius 3 is 1.84 bits per heavy atom. The van der Waals surface area contributed by atoms with Crippen LogP contribution < -0.4 is 0 Å². The van der Waals surface area contributed by atoms with E-state index in [1.807, 2.05) is 36.4 Å². The van der Waals surface area contributed by atoms with Gasteiger partial charge in [0.15, 0.2) is 0 Å². The third-order valence-electron chi connectivity index (χ3n) is 2.41. The Morgan fingerprint density at radius 2 is 1.42 bits per heavy atom. The molecule has 1 heterocycles. The summed E-state index contributed by atoms with van der Waals surface area (Å²) in [6, 6.07) is 8.01. The number of thioether (sulfide) groups is 2. The second kappa shape index (κ2) is 7.36. The summed E-state index contributed by atoms with van der Waals surface area (Å²) in [5.74, 6) is 1.75. The highest BCUT2D eigenvalue weighted by Gasteiger charge is 2.13. The van der Waals surface area contributed by atoms with E-state index in [2.05, 4.69) is 13.2 Å².